The maximum atomic E-state index is 12.1. The Morgan fingerprint density at radius 1 is 1.17 bits per heavy atom. The molecule has 0 radical (unpaired) electrons. The molecule has 3 N–H and O–H groups in total. The highest BCUT2D eigenvalue weighted by molar-refractivity contribution is 14.0. The lowest BCUT2D eigenvalue weighted by atomic mass is 10.1. The SMILES string of the molecule is CC(C)(C)NC(=O)CN=C(NCCS(C)(=O)=O)Nc1ccc2c(c1)OCCCO2.I. The Morgan fingerprint density at radius 3 is 2.47 bits per heavy atom. The summed E-state index contributed by atoms with van der Waals surface area (Å²) >= 11 is 0. The minimum absolute atomic E-state index is 0. The smallest absolute Gasteiger partial charge is 0.242 e. The topological polar surface area (TPSA) is 118 Å². The molecule has 30 heavy (non-hydrogen) atoms. The van der Waals surface area contributed by atoms with E-state index in [2.05, 4.69) is 20.9 Å². The van der Waals surface area contributed by atoms with Gasteiger partial charge in [-0.1, -0.05) is 0 Å². The molecule has 1 aliphatic heterocycles. The van der Waals surface area contributed by atoms with Crippen LogP contribution in [0.25, 0.3) is 0 Å². The molecule has 0 fully saturated rings. The molecule has 0 aliphatic carbocycles. The first-order valence-electron chi connectivity index (χ1n) is 9.45. The van der Waals surface area contributed by atoms with Gasteiger partial charge in [0.25, 0.3) is 0 Å². The van der Waals surface area contributed by atoms with E-state index in [0.717, 1.165) is 6.42 Å². The van der Waals surface area contributed by atoms with Crippen LogP contribution in [0.1, 0.15) is 27.2 Å². The van der Waals surface area contributed by atoms with E-state index in [1.807, 2.05) is 20.8 Å². The van der Waals surface area contributed by atoms with Gasteiger partial charge in [-0.25, -0.2) is 13.4 Å². The average molecular weight is 554 g/mol. The molecule has 0 unspecified atom stereocenters. The van der Waals surface area contributed by atoms with Gasteiger partial charge in [0.2, 0.25) is 5.91 Å². The number of carbonyl (C=O) groups excluding carboxylic acids is 1. The lowest BCUT2D eigenvalue weighted by Gasteiger charge is -2.20. The van der Waals surface area contributed by atoms with Crippen LogP contribution in [0.4, 0.5) is 5.69 Å². The third-order valence-corrected chi connectivity index (χ3v) is 4.62. The molecule has 0 aromatic heterocycles. The zero-order chi connectivity index (χ0) is 21.5. The number of hydrogen-bond acceptors (Lipinski definition) is 6. The van der Waals surface area contributed by atoms with Crippen LogP contribution in [-0.2, 0) is 14.6 Å². The van der Waals surface area contributed by atoms with Crippen LogP contribution in [-0.4, -0.2) is 64.1 Å². The number of hydrogen-bond donors (Lipinski definition) is 3. The lowest BCUT2D eigenvalue weighted by molar-refractivity contribution is -0.121. The number of guanidine groups is 1. The standard InChI is InChI=1S/C19H30N4O5S.HI/c1-19(2,3)23-17(24)13-21-18(20-8-11-29(4,25)26)22-14-6-7-15-16(12-14)28-10-5-9-27-15;/h6-7,12H,5,8-11,13H2,1-4H3,(H,23,24)(H2,20,21,22);1H. The Hall–Kier alpha value is -1.76. The molecule has 2 rings (SSSR count). The van der Waals surface area contributed by atoms with Crippen LogP contribution in [0, 0.1) is 0 Å². The fourth-order valence-corrected chi connectivity index (χ4v) is 2.95. The third kappa shape index (κ3) is 10.3. The number of anilines is 1. The van der Waals surface area contributed by atoms with Gasteiger partial charge in [0.1, 0.15) is 16.4 Å². The Balaban J connectivity index is 0.00000450. The Labute approximate surface area is 195 Å². The summed E-state index contributed by atoms with van der Waals surface area (Å²) in [5.74, 6) is 1.30. The molecule has 0 saturated heterocycles. The first-order chi connectivity index (χ1) is 13.5. The van der Waals surface area contributed by atoms with Crippen LogP contribution < -0.4 is 25.4 Å². The monoisotopic (exact) mass is 554 g/mol. The van der Waals surface area contributed by atoms with Crippen molar-refractivity contribution < 1.29 is 22.7 Å². The predicted molar refractivity (Wildman–Crippen MR) is 129 cm³/mol. The van der Waals surface area contributed by atoms with E-state index in [4.69, 9.17) is 9.47 Å². The molecular formula is C19H31IN4O5S. The highest BCUT2D eigenvalue weighted by Crippen LogP contribution is 2.32. The molecule has 0 spiro atoms. The van der Waals surface area contributed by atoms with Crippen molar-refractivity contribution in [3.63, 3.8) is 0 Å². The second kappa shape index (κ2) is 11.6. The van der Waals surface area contributed by atoms with Crippen molar-refractivity contribution in [2.24, 2.45) is 4.99 Å². The second-order valence-electron chi connectivity index (χ2n) is 7.86. The third-order valence-electron chi connectivity index (χ3n) is 3.67. The number of sulfone groups is 1. The number of nitrogens with zero attached hydrogens (tertiary/aromatic N) is 1. The summed E-state index contributed by atoms with van der Waals surface area (Å²) in [5.41, 5.74) is 0.314. The van der Waals surface area contributed by atoms with Crippen LogP contribution in [0.5, 0.6) is 11.5 Å². The van der Waals surface area contributed by atoms with E-state index in [-0.39, 0.29) is 54.3 Å². The van der Waals surface area contributed by atoms with Gasteiger partial charge >= 0.3 is 0 Å². The van der Waals surface area contributed by atoms with Gasteiger partial charge < -0.3 is 25.4 Å². The number of aliphatic imine (C=N–C) groups is 1. The van der Waals surface area contributed by atoms with Crippen molar-refractivity contribution in [1.82, 2.24) is 10.6 Å². The molecule has 1 aliphatic rings. The summed E-state index contributed by atoms with van der Waals surface area (Å²) in [6.45, 7) is 6.88. The molecule has 0 saturated carbocycles. The number of benzene rings is 1. The van der Waals surface area contributed by atoms with Crippen LogP contribution in [0.15, 0.2) is 23.2 Å². The van der Waals surface area contributed by atoms with Crippen molar-refractivity contribution in [2.45, 2.75) is 32.7 Å². The van der Waals surface area contributed by atoms with Crippen molar-refractivity contribution in [3.8, 4) is 11.5 Å². The normalized spacial score (nSPS) is 14.2. The summed E-state index contributed by atoms with van der Waals surface area (Å²) in [6, 6.07) is 5.38. The zero-order valence-corrected chi connectivity index (χ0v) is 20.9. The van der Waals surface area contributed by atoms with Crippen molar-refractivity contribution >= 4 is 51.4 Å². The molecule has 1 aromatic rings. The molecule has 0 bridgehead atoms. The molecular weight excluding hydrogens is 523 g/mol. The predicted octanol–water partition coefficient (Wildman–Crippen LogP) is 1.78. The Bertz CT molecular complexity index is 853. The number of halogens is 1. The molecule has 170 valence electrons. The number of rotatable bonds is 6. The minimum Gasteiger partial charge on any atom is -0.490 e. The van der Waals surface area contributed by atoms with E-state index in [1.165, 1.54) is 6.26 Å². The number of nitrogens with one attached hydrogen (secondary N) is 3. The Kier molecular flexibility index (Phi) is 10.1. The van der Waals surface area contributed by atoms with Gasteiger partial charge in [0.05, 0.1) is 19.0 Å². The zero-order valence-electron chi connectivity index (χ0n) is 17.8. The number of carbonyl (C=O) groups is 1. The first-order valence-corrected chi connectivity index (χ1v) is 11.5. The van der Waals surface area contributed by atoms with Gasteiger partial charge in [-0.15, -0.1) is 24.0 Å². The fraction of sp³-hybridized carbons (Fsp3) is 0.579. The lowest BCUT2D eigenvalue weighted by Crippen LogP contribution is -2.42. The van der Waals surface area contributed by atoms with Crippen molar-refractivity contribution in [2.75, 3.05) is 43.6 Å². The van der Waals surface area contributed by atoms with E-state index < -0.39 is 9.84 Å². The average Bonchev–Trinajstić information content (AvgIpc) is 2.82. The van der Waals surface area contributed by atoms with Crippen molar-refractivity contribution in [1.29, 1.82) is 0 Å². The van der Waals surface area contributed by atoms with Gasteiger partial charge in [-0.05, 0) is 32.9 Å². The van der Waals surface area contributed by atoms with Gasteiger partial charge in [-0.3, -0.25) is 4.79 Å². The Morgan fingerprint density at radius 2 is 1.83 bits per heavy atom. The summed E-state index contributed by atoms with van der Waals surface area (Å²) in [4.78, 5) is 16.3. The summed E-state index contributed by atoms with van der Waals surface area (Å²) < 4.78 is 34.1. The van der Waals surface area contributed by atoms with Crippen LogP contribution in [0.3, 0.4) is 0 Å². The first kappa shape index (κ1) is 26.3. The summed E-state index contributed by atoms with van der Waals surface area (Å²) in [6.07, 6.45) is 1.97. The maximum absolute atomic E-state index is 12.1. The molecule has 1 aromatic carbocycles. The minimum atomic E-state index is -3.13. The highest BCUT2D eigenvalue weighted by Gasteiger charge is 2.14. The van der Waals surface area contributed by atoms with Gasteiger partial charge in [-0.2, -0.15) is 0 Å². The van der Waals surface area contributed by atoms with Crippen LogP contribution in [0.2, 0.25) is 0 Å². The van der Waals surface area contributed by atoms with E-state index in [1.54, 1.807) is 18.2 Å². The second-order valence-corrected chi connectivity index (χ2v) is 10.1. The van der Waals surface area contributed by atoms with Crippen molar-refractivity contribution in [3.05, 3.63) is 18.2 Å². The largest absolute Gasteiger partial charge is 0.490 e. The molecule has 11 heteroatoms. The molecule has 0 atom stereocenters. The number of ether oxygens (including phenoxy) is 2. The maximum Gasteiger partial charge on any atom is 0.242 e. The molecule has 1 heterocycles. The number of fused-ring (bicyclic) bond motifs is 1. The van der Waals surface area contributed by atoms with Crippen LogP contribution >= 0.6 is 24.0 Å². The fourth-order valence-electron chi connectivity index (χ4n) is 2.48. The summed E-state index contributed by atoms with van der Waals surface area (Å²) in [5, 5.41) is 8.86. The van der Waals surface area contributed by atoms with E-state index >= 15 is 0 Å². The number of amides is 1. The quantitative estimate of drug-likeness (QED) is 0.279. The van der Waals surface area contributed by atoms with Gasteiger partial charge in [0.15, 0.2) is 17.5 Å². The highest BCUT2D eigenvalue weighted by atomic mass is 127. The van der Waals surface area contributed by atoms with E-state index in [0.29, 0.717) is 36.4 Å². The molecule has 1 amide bonds. The van der Waals surface area contributed by atoms with E-state index in [9.17, 15) is 13.2 Å². The molecule has 9 nitrogen and oxygen atoms in total. The summed E-state index contributed by atoms with van der Waals surface area (Å²) in [7, 11) is -3.13. The van der Waals surface area contributed by atoms with Gasteiger partial charge in [0, 0.05) is 36.5 Å².